The molecule has 0 spiro atoms. The van der Waals surface area contributed by atoms with E-state index in [2.05, 4.69) is 10.6 Å². The lowest BCUT2D eigenvalue weighted by molar-refractivity contribution is 0.0526. The summed E-state index contributed by atoms with van der Waals surface area (Å²) in [5.74, 6) is -1.59. The van der Waals surface area contributed by atoms with Gasteiger partial charge in [0.25, 0.3) is 0 Å². The number of nitrogens with one attached hydrogen (secondary N) is 2. The Morgan fingerprint density at radius 1 is 1.04 bits per heavy atom. The van der Waals surface area contributed by atoms with Crippen LogP contribution in [-0.2, 0) is 4.74 Å². The zero-order valence-electron chi connectivity index (χ0n) is 13.2. The predicted molar refractivity (Wildman–Crippen MR) is 93.5 cm³/mol. The molecule has 7 nitrogen and oxygen atoms in total. The van der Waals surface area contributed by atoms with Crippen LogP contribution in [0.5, 0.6) is 0 Å². The second kappa shape index (κ2) is 8.16. The first kappa shape index (κ1) is 18.3. The average Bonchev–Trinajstić information content (AvgIpc) is 2.55. The summed E-state index contributed by atoms with van der Waals surface area (Å²) in [4.78, 5) is 34.4. The Balaban J connectivity index is 1.99. The maximum Gasteiger partial charge on any atom is 0.338 e. The molecule has 0 heterocycles. The first-order valence-corrected chi connectivity index (χ1v) is 7.66. The summed E-state index contributed by atoms with van der Waals surface area (Å²) < 4.78 is 4.87. The van der Waals surface area contributed by atoms with E-state index in [0.29, 0.717) is 16.9 Å². The number of urea groups is 1. The molecular weight excluding hydrogens is 348 g/mol. The second-order valence-corrected chi connectivity index (χ2v) is 5.28. The number of aromatic carboxylic acids is 1. The molecule has 3 N–H and O–H groups in total. The number of rotatable bonds is 5. The number of amides is 2. The van der Waals surface area contributed by atoms with Crippen molar-refractivity contribution in [1.82, 2.24) is 0 Å². The highest BCUT2D eigenvalue weighted by Crippen LogP contribution is 2.21. The molecule has 0 atom stereocenters. The van der Waals surface area contributed by atoms with Gasteiger partial charge in [-0.05, 0) is 49.4 Å². The van der Waals surface area contributed by atoms with E-state index in [0.717, 1.165) is 0 Å². The van der Waals surface area contributed by atoms with Gasteiger partial charge in [0.15, 0.2) is 0 Å². The van der Waals surface area contributed by atoms with Gasteiger partial charge < -0.3 is 20.5 Å². The van der Waals surface area contributed by atoms with Crippen molar-refractivity contribution in [1.29, 1.82) is 0 Å². The van der Waals surface area contributed by atoms with E-state index in [4.69, 9.17) is 21.4 Å². The monoisotopic (exact) mass is 362 g/mol. The molecule has 2 aromatic carbocycles. The van der Waals surface area contributed by atoms with Crippen molar-refractivity contribution in [2.75, 3.05) is 17.2 Å². The molecule has 0 saturated heterocycles. The number of hydrogen-bond acceptors (Lipinski definition) is 4. The minimum Gasteiger partial charge on any atom is -0.478 e. The van der Waals surface area contributed by atoms with Crippen LogP contribution in [0.3, 0.4) is 0 Å². The molecule has 2 aromatic rings. The molecule has 0 saturated carbocycles. The van der Waals surface area contributed by atoms with Crippen molar-refractivity contribution >= 4 is 40.9 Å². The maximum absolute atomic E-state index is 12.0. The molecule has 130 valence electrons. The number of anilines is 2. The average molecular weight is 363 g/mol. The largest absolute Gasteiger partial charge is 0.478 e. The lowest BCUT2D eigenvalue weighted by Gasteiger charge is -2.09. The van der Waals surface area contributed by atoms with Gasteiger partial charge in [0.05, 0.1) is 22.8 Å². The molecule has 25 heavy (non-hydrogen) atoms. The molecule has 0 aromatic heterocycles. The van der Waals surface area contributed by atoms with Crippen molar-refractivity contribution in [2.45, 2.75) is 6.92 Å². The summed E-state index contributed by atoms with van der Waals surface area (Å²) in [5.41, 5.74) is 1.14. The Kier molecular flexibility index (Phi) is 5.97. The van der Waals surface area contributed by atoms with E-state index in [9.17, 15) is 14.4 Å². The third-order valence-electron chi connectivity index (χ3n) is 3.11. The van der Waals surface area contributed by atoms with Crippen LogP contribution >= 0.6 is 11.6 Å². The fourth-order valence-corrected chi connectivity index (χ4v) is 2.23. The fourth-order valence-electron chi connectivity index (χ4n) is 1.96. The first-order valence-electron chi connectivity index (χ1n) is 7.28. The number of carbonyl (C=O) groups excluding carboxylic acids is 2. The number of carboxylic acid groups (broad SMARTS) is 1. The minimum atomic E-state index is -1.15. The number of benzene rings is 2. The number of carboxylic acids is 1. The molecule has 0 fully saturated rings. The normalized spacial score (nSPS) is 10.0. The molecule has 2 rings (SSSR count). The van der Waals surface area contributed by atoms with Gasteiger partial charge in [-0.3, -0.25) is 0 Å². The lowest BCUT2D eigenvalue weighted by Crippen LogP contribution is -2.19. The van der Waals surface area contributed by atoms with Gasteiger partial charge in [0, 0.05) is 11.4 Å². The van der Waals surface area contributed by atoms with Crippen LogP contribution < -0.4 is 10.6 Å². The Morgan fingerprint density at radius 3 is 2.20 bits per heavy atom. The lowest BCUT2D eigenvalue weighted by atomic mass is 10.2. The van der Waals surface area contributed by atoms with Crippen LogP contribution in [0.1, 0.15) is 27.6 Å². The van der Waals surface area contributed by atoms with E-state index >= 15 is 0 Å². The predicted octanol–water partition coefficient (Wildman–Crippen LogP) is 3.86. The van der Waals surface area contributed by atoms with Gasteiger partial charge in [-0.15, -0.1) is 0 Å². The number of hydrogen-bond donors (Lipinski definition) is 3. The molecule has 0 radical (unpaired) electrons. The summed E-state index contributed by atoms with van der Waals surface area (Å²) in [6, 6.07) is 9.72. The van der Waals surface area contributed by atoms with Crippen molar-refractivity contribution in [3.05, 3.63) is 58.6 Å². The number of ether oxygens (including phenoxy) is 1. The summed E-state index contributed by atoms with van der Waals surface area (Å²) in [5, 5.41) is 14.0. The quantitative estimate of drug-likeness (QED) is 0.700. The van der Waals surface area contributed by atoms with Crippen molar-refractivity contribution in [3.63, 3.8) is 0 Å². The zero-order chi connectivity index (χ0) is 18.4. The number of halogens is 1. The van der Waals surface area contributed by atoms with Crippen LogP contribution in [0.2, 0.25) is 5.02 Å². The van der Waals surface area contributed by atoms with Gasteiger partial charge in [-0.1, -0.05) is 11.6 Å². The summed E-state index contributed by atoms with van der Waals surface area (Å²) in [7, 11) is 0. The van der Waals surface area contributed by atoms with Gasteiger partial charge in [-0.2, -0.15) is 0 Å². The number of esters is 1. The smallest absolute Gasteiger partial charge is 0.338 e. The molecule has 0 unspecified atom stereocenters. The van der Waals surface area contributed by atoms with Crippen LogP contribution in [0, 0.1) is 0 Å². The molecule has 0 bridgehead atoms. The highest BCUT2D eigenvalue weighted by molar-refractivity contribution is 6.33. The SMILES string of the molecule is CCOC(=O)c1ccc(NC(=O)Nc2ccc(C(=O)O)c(Cl)c2)cc1. The zero-order valence-corrected chi connectivity index (χ0v) is 14.0. The molecule has 8 heteroatoms. The van der Waals surface area contributed by atoms with Crippen molar-refractivity contribution in [2.24, 2.45) is 0 Å². The fraction of sp³-hybridized carbons (Fsp3) is 0.118. The van der Waals surface area contributed by atoms with Crippen LogP contribution in [0.25, 0.3) is 0 Å². The Labute approximate surface area is 148 Å². The van der Waals surface area contributed by atoms with Crippen molar-refractivity contribution < 1.29 is 24.2 Å². The molecule has 2 amide bonds. The standard InChI is InChI=1S/C17H15ClN2O5/c1-2-25-16(23)10-3-5-11(6-4-10)19-17(24)20-12-7-8-13(15(21)22)14(18)9-12/h3-9H,2H2,1H3,(H,21,22)(H2,19,20,24). The first-order chi connectivity index (χ1) is 11.9. The molecular formula is C17H15ClN2O5. The van der Waals surface area contributed by atoms with E-state index in [-0.39, 0.29) is 17.2 Å². The second-order valence-electron chi connectivity index (χ2n) is 4.88. The summed E-state index contributed by atoms with van der Waals surface area (Å²) in [6.07, 6.45) is 0. The van der Waals surface area contributed by atoms with Gasteiger partial charge in [-0.25, -0.2) is 14.4 Å². The van der Waals surface area contributed by atoms with Gasteiger partial charge >= 0.3 is 18.0 Å². The molecule has 0 aliphatic carbocycles. The maximum atomic E-state index is 12.0. The third-order valence-corrected chi connectivity index (χ3v) is 3.42. The minimum absolute atomic E-state index is 0.0177. The van der Waals surface area contributed by atoms with Crippen LogP contribution in [0.15, 0.2) is 42.5 Å². The number of carbonyl (C=O) groups is 3. The van der Waals surface area contributed by atoms with Crippen LogP contribution in [0.4, 0.5) is 16.2 Å². The molecule has 0 aliphatic heterocycles. The van der Waals surface area contributed by atoms with E-state index in [1.165, 1.54) is 30.3 Å². The van der Waals surface area contributed by atoms with Gasteiger partial charge in [0.1, 0.15) is 0 Å². The summed E-state index contributed by atoms with van der Waals surface area (Å²) >= 11 is 5.84. The summed E-state index contributed by atoms with van der Waals surface area (Å²) in [6.45, 7) is 2.00. The van der Waals surface area contributed by atoms with Gasteiger partial charge in [0.2, 0.25) is 0 Å². The topological polar surface area (TPSA) is 105 Å². The van der Waals surface area contributed by atoms with E-state index < -0.39 is 18.0 Å². The van der Waals surface area contributed by atoms with Crippen LogP contribution in [-0.4, -0.2) is 29.7 Å². The highest BCUT2D eigenvalue weighted by atomic mass is 35.5. The molecule has 0 aliphatic rings. The Bertz CT molecular complexity index is 805. The Morgan fingerprint density at radius 2 is 1.64 bits per heavy atom. The third kappa shape index (κ3) is 4.95. The van der Waals surface area contributed by atoms with E-state index in [1.54, 1.807) is 19.1 Å². The van der Waals surface area contributed by atoms with E-state index in [1.807, 2.05) is 0 Å². The van der Waals surface area contributed by atoms with Crippen molar-refractivity contribution in [3.8, 4) is 0 Å². The Hall–Kier alpha value is -3.06. The highest BCUT2D eigenvalue weighted by Gasteiger charge is 2.11.